The van der Waals surface area contributed by atoms with Crippen molar-refractivity contribution in [2.75, 3.05) is 31.1 Å². The summed E-state index contributed by atoms with van der Waals surface area (Å²) in [5.41, 5.74) is 4.11. The molecule has 25 heavy (non-hydrogen) atoms. The van der Waals surface area contributed by atoms with Crippen LogP contribution in [0.3, 0.4) is 0 Å². The summed E-state index contributed by atoms with van der Waals surface area (Å²) < 4.78 is 0. The molecular weight excluding hydrogens is 312 g/mol. The van der Waals surface area contributed by atoms with Gasteiger partial charge in [-0.1, -0.05) is 12.1 Å². The van der Waals surface area contributed by atoms with E-state index >= 15 is 0 Å². The summed E-state index contributed by atoms with van der Waals surface area (Å²) in [5, 5.41) is 1.13. The number of H-pyrrole nitrogens is 1. The van der Waals surface area contributed by atoms with Crippen LogP contribution >= 0.6 is 0 Å². The SMILES string of the molecule is Cc1cc(C)c2cc(C(=O)N3CCN(c4ccccn4)CC3)[nH]c2c1. The molecule has 1 aliphatic heterocycles. The predicted octanol–water partition coefficient (Wildman–Crippen LogP) is 3.14. The molecule has 5 heteroatoms. The number of nitrogens with one attached hydrogen (secondary N) is 1. The van der Waals surface area contributed by atoms with Crippen molar-refractivity contribution in [3.8, 4) is 0 Å². The third-order valence-corrected chi connectivity index (χ3v) is 4.86. The van der Waals surface area contributed by atoms with Crippen LogP contribution in [0, 0.1) is 13.8 Å². The number of carbonyl (C=O) groups excluding carboxylic acids is 1. The Bertz CT molecular complexity index is 908. The molecule has 0 aliphatic carbocycles. The Balaban J connectivity index is 1.50. The summed E-state index contributed by atoms with van der Waals surface area (Å²) in [6.45, 7) is 7.20. The van der Waals surface area contributed by atoms with E-state index in [-0.39, 0.29) is 5.91 Å². The number of piperazine rings is 1. The third-order valence-electron chi connectivity index (χ3n) is 4.86. The van der Waals surface area contributed by atoms with E-state index in [1.54, 1.807) is 0 Å². The first-order valence-corrected chi connectivity index (χ1v) is 8.67. The Hall–Kier alpha value is -2.82. The molecule has 1 fully saturated rings. The molecule has 3 heterocycles. The van der Waals surface area contributed by atoms with Crippen LogP contribution in [0.5, 0.6) is 0 Å². The lowest BCUT2D eigenvalue weighted by Crippen LogP contribution is -2.49. The largest absolute Gasteiger partial charge is 0.353 e. The van der Waals surface area contributed by atoms with Crippen LogP contribution in [-0.4, -0.2) is 47.0 Å². The number of hydrogen-bond donors (Lipinski definition) is 1. The van der Waals surface area contributed by atoms with Gasteiger partial charge in [-0.2, -0.15) is 0 Å². The van der Waals surface area contributed by atoms with Crippen molar-refractivity contribution in [2.24, 2.45) is 0 Å². The van der Waals surface area contributed by atoms with Crippen molar-refractivity contribution in [1.29, 1.82) is 0 Å². The maximum atomic E-state index is 12.9. The number of amides is 1. The zero-order valence-corrected chi connectivity index (χ0v) is 14.6. The summed E-state index contributed by atoms with van der Waals surface area (Å²) in [6.07, 6.45) is 1.81. The normalized spacial score (nSPS) is 15.0. The summed E-state index contributed by atoms with van der Waals surface area (Å²) >= 11 is 0. The molecule has 0 unspecified atom stereocenters. The number of fused-ring (bicyclic) bond motifs is 1. The number of aromatic nitrogens is 2. The minimum absolute atomic E-state index is 0.0777. The number of carbonyl (C=O) groups is 1. The molecule has 4 rings (SSSR count). The van der Waals surface area contributed by atoms with Crippen molar-refractivity contribution in [3.63, 3.8) is 0 Å². The van der Waals surface area contributed by atoms with Crippen molar-refractivity contribution in [2.45, 2.75) is 13.8 Å². The lowest BCUT2D eigenvalue weighted by atomic mass is 10.1. The van der Waals surface area contributed by atoms with Crippen LogP contribution in [0.1, 0.15) is 21.6 Å². The average Bonchev–Trinajstić information content (AvgIpc) is 3.06. The number of aromatic amines is 1. The van der Waals surface area contributed by atoms with Gasteiger partial charge in [0.2, 0.25) is 0 Å². The highest BCUT2D eigenvalue weighted by Crippen LogP contribution is 2.23. The van der Waals surface area contributed by atoms with Gasteiger partial charge in [-0.05, 0) is 49.2 Å². The number of aryl methyl sites for hydroxylation is 2. The topological polar surface area (TPSA) is 52.2 Å². The first kappa shape index (κ1) is 15.7. The highest BCUT2D eigenvalue weighted by molar-refractivity contribution is 5.99. The summed E-state index contributed by atoms with van der Waals surface area (Å²) in [4.78, 5) is 24.7. The molecule has 1 amide bonds. The molecule has 1 aromatic carbocycles. The van der Waals surface area contributed by atoms with Gasteiger partial charge in [0.1, 0.15) is 11.5 Å². The number of hydrogen-bond acceptors (Lipinski definition) is 3. The van der Waals surface area contributed by atoms with Gasteiger partial charge in [-0.25, -0.2) is 4.98 Å². The molecule has 1 saturated heterocycles. The molecule has 1 aliphatic rings. The van der Waals surface area contributed by atoms with E-state index in [1.807, 2.05) is 35.4 Å². The van der Waals surface area contributed by atoms with E-state index in [0.717, 1.165) is 29.8 Å². The number of nitrogens with zero attached hydrogens (tertiary/aromatic N) is 3. The monoisotopic (exact) mass is 334 g/mol. The summed E-state index contributed by atoms with van der Waals surface area (Å²) in [6, 6.07) is 12.2. The lowest BCUT2D eigenvalue weighted by Gasteiger charge is -2.35. The van der Waals surface area contributed by atoms with Crippen molar-refractivity contribution in [3.05, 3.63) is 59.4 Å². The highest BCUT2D eigenvalue weighted by Gasteiger charge is 2.24. The number of rotatable bonds is 2. The molecule has 0 atom stereocenters. The van der Waals surface area contributed by atoms with E-state index in [1.165, 1.54) is 11.1 Å². The molecule has 0 spiro atoms. The van der Waals surface area contributed by atoms with Gasteiger partial charge in [0.15, 0.2) is 0 Å². The van der Waals surface area contributed by atoms with Crippen LogP contribution in [0.4, 0.5) is 5.82 Å². The van der Waals surface area contributed by atoms with Gasteiger partial charge in [0.25, 0.3) is 5.91 Å². The fourth-order valence-corrected chi connectivity index (χ4v) is 3.56. The van der Waals surface area contributed by atoms with Gasteiger partial charge in [-0.3, -0.25) is 4.79 Å². The van der Waals surface area contributed by atoms with E-state index in [9.17, 15) is 4.79 Å². The van der Waals surface area contributed by atoms with Gasteiger partial charge in [-0.15, -0.1) is 0 Å². The second-order valence-electron chi connectivity index (χ2n) is 6.69. The highest BCUT2D eigenvalue weighted by atomic mass is 16.2. The molecule has 1 N–H and O–H groups in total. The molecule has 5 nitrogen and oxygen atoms in total. The van der Waals surface area contributed by atoms with Gasteiger partial charge in [0.05, 0.1) is 0 Å². The van der Waals surface area contributed by atoms with E-state index < -0.39 is 0 Å². The Morgan fingerprint density at radius 2 is 1.88 bits per heavy atom. The van der Waals surface area contributed by atoms with E-state index in [4.69, 9.17) is 0 Å². The van der Waals surface area contributed by atoms with Gasteiger partial charge >= 0.3 is 0 Å². The molecule has 0 bridgehead atoms. The number of benzene rings is 1. The maximum Gasteiger partial charge on any atom is 0.270 e. The quantitative estimate of drug-likeness (QED) is 0.783. The smallest absolute Gasteiger partial charge is 0.270 e. The lowest BCUT2D eigenvalue weighted by molar-refractivity contribution is 0.0741. The number of pyridine rings is 1. The molecule has 0 saturated carbocycles. The zero-order valence-electron chi connectivity index (χ0n) is 14.6. The van der Waals surface area contributed by atoms with Crippen LogP contribution in [0.2, 0.25) is 0 Å². The Morgan fingerprint density at radius 3 is 2.60 bits per heavy atom. The van der Waals surface area contributed by atoms with Crippen LogP contribution in [-0.2, 0) is 0 Å². The standard InChI is InChI=1S/C20H22N4O/c1-14-11-15(2)16-13-18(22-17(16)12-14)20(25)24-9-7-23(8-10-24)19-5-3-4-6-21-19/h3-6,11-13,22H,7-10H2,1-2H3. The minimum Gasteiger partial charge on any atom is -0.353 e. The summed E-state index contributed by atoms with van der Waals surface area (Å²) in [7, 11) is 0. The Labute approximate surface area is 147 Å². The van der Waals surface area contributed by atoms with Crippen molar-refractivity contribution >= 4 is 22.6 Å². The predicted molar refractivity (Wildman–Crippen MR) is 100 cm³/mol. The Kier molecular flexibility index (Phi) is 3.92. The molecule has 128 valence electrons. The van der Waals surface area contributed by atoms with Crippen molar-refractivity contribution < 1.29 is 4.79 Å². The average molecular weight is 334 g/mol. The maximum absolute atomic E-state index is 12.9. The first-order valence-electron chi connectivity index (χ1n) is 8.67. The molecule has 0 radical (unpaired) electrons. The minimum atomic E-state index is 0.0777. The van der Waals surface area contributed by atoms with Crippen LogP contribution < -0.4 is 4.90 Å². The van der Waals surface area contributed by atoms with Crippen LogP contribution in [0.25, 0.3) is 10.9 Å². The van der Waals surface area contributed by atoms with Gasteiger partial charge in [0, 0.05) is 43.3 Å². The second kappa shape index (κ2) is 6.24. The summed E-state index contributed by atoms with van der Waals surface area (Å²) in [5.74, 6) is 1.06. The Morgan fingerprint density at radius 1 is 1.08 bits per heavy atom. The first-order chi connectivity index (χ1) is 12.1. The molecular formula is C20H22N4O. The fraction of sp³-hybridized carbons (Fsp3) is 0.300. The molecule has 3 aromatic rings. The van der Waals surface area contributed by atoms with Crippen LogP contribution in [0.15, 0.2) is 42.6 Å². The fourth-order valence-electron chi connectivity index (χ4n) is 3.56. The van der Waals surface area contributed by atoms with Gasteiger partial charge < -0.3 is 14.8 Å². The van der Waals surface area contributed by atoms with E-state index in [0.29, 0.717) is 18.8 Å². The van der Waals surface area contributed by atoms with Crippen molar-refractivity contribution in [1.82, 2.24) is 14.9 Å². The second-order valence-corrected chi connectivity index (χ2v) is 6.69. The third kappa shape index (κ3) is 2.97. The zero-order chi connectivity index (χ0) is 17.4. The number of anilines is 1. The molecule has 2 aromatic heterocycles. The van der Waals surface area contributed by atoms with E-state index in [2.05, 4.69) is 40.8 Å².